The van der Waals surface area contributed by atoms with Crippen LogP contribution in [0, 0.1) is 11.8 Å². The first-order valence-corrected chi connectivity index (χ1v) is 7.77. The van der Waals surface area contributed by atoms with Gasteiger partial charge < -0.3 is 45.6 Å². The van der Waals surface area contributed by atoms with E-state index in [4.69, 9.17) is 4.74 Å². The highest BCUT2D eigenvalue weighted by Crippen LogP contribution is 2.33. The molecule has 23 heavy (non-hydrogen) atoms. The fourth-order valence-electron chi connectivity index (χ4n) is 3.42. The summed E-state index contributed by atoms with van der Waals surface area (Å²) in [6.45, 7) is -0.808. The Balaban J connectivity index is 2.07. The minimum Gasteiger partial charge on any atom is -0.396 e. The third kappa shape index (κ3) is 3.68. The van der Waals surface area contributed by atoms with E-state index in [0.29, 0.717) is 0 Å². The number of hydrogen-bond acceptors (Lipinski definition) is 9. The Hall–Kier alpha value is -0.360. The molecule has 9 heteroatoms. The van der Waals surface area contributed by atoms with Crippen LogP contribution in [-0.2, 0) is 4.74 Å². The van der Waals surface area contributed by atoms with Gasteiger partial charge in [0.25, 0.3) is 0 Å². The zero-order valence-corrected chi connectivity index (χ0v) is 12.6. The molecular formula is C14H26O9. The minimum absolute atomic E-state index is 0.0571. The molecule has 8 N–H and O–H groups in total. The van der Waals surface area contributed by atoms with Gasteiger partial charge in [-0.05, 0) is 12.8 Å². The summed E-state index contributed by atoms with van der Waals surface area (Å²) in [4.78, 5) is 0. The summed E-state index contributed by atoms with van der Waals surface area (Å²) in [5, 5.41) is 77.7. The summed E-state index contributed by atoms with van der Waals surface area (Å²) in [6.07, 6.45) is -10.2. The average molecular weight is 338 g/mol. The van der Waals surface area contributed by atoms with E-state index in [1.165, 1.54) is 0 Å². The average Bonchev–Trinajstić information content (AvgIpc) is 2.55. The Kier molecular flexibility index (Phi) is 6.34. The topological polar surface area (TPSA) is 171 Å². The molecule has 0 aliphatic heterocycles. The molecule has 0 aromatic rings. The van der Waals surface area contributed by atoms with Gasteiger partial charge in [0.2, 0.25) is 0 Å². The molecule has 0 aromatic carbocycles. The molecule has 0 amide bonds. The van der Waals surface area contributed by atoms with Crippen molar-refractivity contribution in [2.45, 2.75) is 61.7 Å². The molecule has 9 nitrogen and oxygen atoms in total. The van der Waals surface area contributed by atoms with Crippen LogP contribution >= 0.6 is 0 Å². The van der Waals surface area contributed by atoms with Gasteiger partial charge in [-0.3, -0.25) is 0 Å². The second-order valence-corrected chi connectivity index (χ2v) is 6.51. The number of rotatable bonds is 4. The van der Waals surface area contributed by atoms with E-state index in [1.807, 2.05) is 0 Å². The smallest absolute Gasteiger partial charge is 0.109 e. The zero-order valence-electron chi connectivity index (χ0n) is 12.6. The largest absolute Gasteiger partial charge is 0.396 e. The van der Waals surface area contributed by atoms with Crippen molar-refractivity contribution < 1.29 is 45.6 Å². The Morgan fingerprint density at radius 2 is 0.913 bits per heavy atom. The van der Waals surface area contributed by atoms with Crippen molar-refractivity contribution >= 4 is 0 Å². The van der Waals surface area contributed by atoms with E-state index in [1.54, 1.807) is 0 Å². The van der Waals surface area contributed by atoms with Crippen molar-refractivity contribution in [3.63, 3.8) is 0 Å². The SMILES string of the molecule is OCC1CC(O[C@@H]2CC(CO)[C@@H](O)[C@H](O)C2O)C(O)C(O)[C@@H]1O. The highest BCUT2D eigenvalue weighted by molar-refractivity contribution is 4.97. The number of ether oxygens (including phenoxy) is 1. The van der Waals surface area contributed by atoms with Crippen LogP contribution < -0.4 is 0 Å². The molecule has 2 aliphatic carbocycles. The third-order valence-electron chi connectivity index (χ3n) is 5.02. The second kappa shape index (κ2) is 7.68. The summed E-state index contributed by atoms with van der Waals surface area (Å²) in [7, 11) is 0. The van der Waals surface area contributed by atoms with Crippen LogP contribution in [0.25, 0.3) is 0 Å². The molecule has 136 valence electrons. The lowest BCUT2D eigenvalue weighted by molar-refractivity contribution is -0.231. The van der Waals surface area contributed by atoms with Gasteiger partial charge in [0.15, 0.2) is 0 Å². The monoisotopic (exact) mass is 338 g/mol. The maximum atomic E-state index is 10.0. The van der Waals surface area contributed by atoms with Gasteiger partial charge in [0, 0.05) is 25.0 Å². The molecule has 0 heterocycles. The summed E-state index contributed by atoms with van der Waals surface area (Å²) in [5.41, 5.74) is 0. The first-order valence-electron chi connectivity index (χ1n) is 7.77. The summed E-state index contributed by atoms with van der Waals surface area (Å²) < 4.78 is 5.59. The normalized spacial score (nSPS) is 51.7. The van der Waals surface area contributed by atoms with Crippen molar-refractivity contribution in [3.8, 4) is 0 Å². The Bertz CT molecular complexity index is 343. The molecule has 0 bridgehead atoms. The van der Waals surface area contributed by atoms with Crippen molar-refractivity contribution in [2.24, 2.45) is 11.8 Å². The van der Waals surface area contributed by atoms with Crippen LogP contribution in [0.3, 0.4) is 0 Å². The van der Waals surface area contributed by atoms with Crippen LogP contribution in [0.4, 0.5) is 0 Å². The van der Waals surface area contributed by atoms with Gasteiger partial charge in [-0.1, -0.05) is 0 Å². The molecule has 6 unspecified atom stereocenters. The van der Waals surface area contributed by atoms with E-state index in [9.17, 15) is 40.9 Å². The molecular weight excluding hydrogens is 312 g/mol. The van der Waals surface area contributed by atoms with Crippen molar-refractivity contribution in [3.05, 3.63) is 0 Å². The van der Waals surface area contributed by atoms with Crippen LogP contribution in [-0.4, -0.2) is 103 Å². The molecule has 2 saturated carbocycles. The maximum Gasteiger partial charge on any atom is 0.109 e. The van der Waals surface area contributed by atoms with Crippen LogP contribution in [0.5, 0.6) is 0 Å². The van der Waals surface area contributed by atoms with E-state index >= 15 is 0 Å². The molecule has 2 aliphatic rings. The van der Waals surface area contributed by atoms with Gasteiger partial charge in [-0.25, -0.2) is 0 Å². The fraction of sp³-hybridized carbons (Fsp3) is 1.00. The van der Waals surface area contributed by atoms with Gasteiger partial charge in [-0.15, -0.1) is 0 Å². The van der Waals surface area contributed by atoms with Crippen LogP contribution in [0.2, 0.25) is 0 Å². The lowest BCUT2D eigenvalue weighted by Crippen LogP contribution is -2.59. The molecule has 0 aromatic heterocycles. The molecule has 2 fully saturated rings. The number of aliphatic hydroxyl groups is 8. The van der Waals surface area contributed by atoms with Crippen LogP contribution in [0.15, 0.2) is 0 Å². The fourth-order valence-corrected chi connectivity index (χ4v) is 3.42. The van der Waals surface area contributed by atoms with Gasteiger partial charge in [0.1, 0.15) is 24.4 Å². The summed E-state index contributed by atoms with van der Waals surface area (Å²) >= 11 is 0. The first kappa shape index (κ1) is 19.0. The molecule has 10 atom stereocenters. The minimum atomic E-state index is -1.50. The predicted molar refractivity (Wildman–Crippen MR) is 75.1 cm³/mol. The Morgan fingerprint density at radius 1 is 0.565 bits per heavy atom. The molecule has 0 saturated heterocycles. The standard InChI is InChI=1S/C14H26O9/c15-3-5-1-7(11(19)13(21)9(5)17)23-8-2-6(4-16)10(18)14(22)12(8)20/h5-22H,1-4H2/t5?,6?,7-,8?,9-,10-,11?,12?,13+,14?/m1/s1. The Morgan fingerprint density at radius 3 is 1.22 bits per heavy atom. The molecule has 0 spiro atoms. The van der Waals surface area contributed by atoms with E-state index in [2.05, 4.69) is 0 Å². The molecule has 2 rings (SSSR count). The highest BCUT2D eigenvalue weighted by Gasteiger charge is 2.48. The van der Waals surface area contributed by atoms with Crippen molar-refractivity contribution in [2.75, 3.05) is 13.2 Å². The van der Waals surface area contributed by atoms with E-state index < -0.39 is 73.9 Å². The van der Waals surface area contributed by atoms with Crippen molar-refractivity contribution in [1.29, 1.82) is 0 Å². The maximum absolute atomic E-state index is 10.0. The van der Waals surface area contributed by atoms with Crippen molar-refractivity contribution in [1.82, 2.24) is 0 Å². The second-order valence-electron chi connectivity index (χ2n) is 6.51. The van der Waals surface area contributed by atoms with Gasteiger partial charge in [0.05, 0.1) is 24.4 Å². The number of hydrogen-bond donors (Lipinski definition) is 8. The first-order chi connectivity index (χ1) is 10.8. The summed E-state index contributed by atoms with van der Waals surface area (Å²) in [5.74, 6) is -1.38. The lowest BCUT2D eigenvalue weighted by Gasteiger charge is -2.45. The zero-order chi connectivity index (χ0) is 17.3. The summed E-state index contributed by atoms with van der Waals surface area (Å²) in [6, 6.07) is 0. The lowest BCUT2D eigenvalue weighted by atomic mass is 9.79. The highest BCUT2D eigenvalue weighted by atomic mass is 16.5. The van der Waals surface area contributed by atoms with E-state index in [0.717, 1.165) is 0 Å². The number of aliphatic hydroxyl groups excluding tert-OH is 8. The molecule has 0 radical (unpaired) electrons. The third-order valence-corrected chi connectivity index (χ3v) is 5.02. The quantitative estimate of drug-likeness (QED) is 0.254. The predicted octanol–water partition coefficient (Wildman–Crippen LogP) is -4.07. The van der Waals surface area contributed by atoms with Gasteiger partial charge >= 0.3 is 0 Å². The van der Waals surface area contributed by atoms with Crippen LogP contribution in [0.1, 0.15) is 12.8 Å². The van der Waals surface area contributed by atoms with E-state index in [-0.39, 0.29) is 12.8 Å². The Labute approximate surface area is 133 Å². The van der Waals surface area contributed by atoms with Gasteiger partial charge in [-0.2, -0.15) is 0 Å².